The highest BCUT2D eigenvalue weighted by Gasteiger charge is 2.37. The summed E-state index contributed by atoms with van der Waals surface area (Å²) in [5.41, 5.74) is -0.164. The van der Waals surface area contributed by atoms with Crippen LogP contribution in [0.2, 0.25) is 0 Å². The topological polar surface area (TPSA) is 26.7 Å². The van der Waals surface area contributed by atoms with E-state index in [-0.39, 0.29) is 5.66 Å². The van der Waals surface area contributed by atoms with Gasteiger partial charge in [-0.05, 0) is 39.3 Å². The zero-order valence-electron chi connectivity index (χ0n) is 10.2. The molecule has 0 saturated heterocycles. The molecular formula is C12H22N2O. The van der Waals surface area contributed by atoms with Gasteiger partial charge in [-0.3, -0.25) is 9.80 Å². The average molecular weight is 210 g/mol. The van der Waals surface area contributed by atoms with E-state index in [0.29, 0.717) is 12.2 Å². The van der Waals surface area contributed by atoms with Crippen molar-refractivity contribution in [2.24, 2.45) is 0 Å². The van der Waals surface area contributed by atoms with Crippen molar-refractivity contribution < 1.29 is 5.11 Å². The number of rotatable bonds is 4. The Bertz CT molecular complexity index is 267. The molecule has 0 fully saturated rings. The first-order chi connectivity index (χ1) is 7.06. The van der Waals surface area contributed by atoms with Crippen molar-refractivity contribution in [3.63, 3.8) is 0 Å². The van der Waals surface area contributed by atoms with Crippen LogP contribution in [0.4, 0.5) is 0 Å². The van der Waals surface area contributed by atoms with Crippen LogP contribution in [0, 0.1) is 0 Å². The monoisotopic (exact) mass is 210 g/mol. The summed E-state index contributed by atoms with van der Waals surface area (Å²) >= 11 is 0. The van der Waals surface area contributed by atoms with Crippen molar-refractivity contribution in [3.05, 3.63) is 24.0 Å². The lowest BCUT2D eigenvalue weighted by Crippen LogP contribution is -2.57. The van der Waals surface area contributed by atoms with Gasteiger partial charge < -0.3 is 5.11 Å². The number of aliphatic hydroxyl groups excluding tert-OH is 1. The lowest BCUT2D eigenvalue weighted by atomic mass is 9.96. The first kappa shape index (κ1) is 12.3. The van der Waals surface area contributed by atoms with Crippen LogP contribution >= 0.6 is 0 Å². The zero-order valence-corrected chi connectivity index (χ0v) is 10.2. The van der Waals surface area contributed by atoms with Crippen molar-refractivity contribution in [1.29, 1.82) is 0 Å². The van der Waals surface area contributed by atoms with Gasteiger partial charge in [-0.1, -0.05) is 19.9 Å². The van der Waals surface area contributed by atoms with Crippen LogP contribution in [-0.4, -0.2) is 47.8 Å². The fraction of sp³-hybridized carbons (Fsp3) is 0.667. The van der Waals surface area contributed by atoms with Gasteiger partial charge in [0.05, 0.1) is 11.4 Å². The van der Waals surface area contributed by atoms with Gasteiger partial charge in [0.2, 0.25) is 0 Å². The molecule has 0 radical (unpaired) electrons. The van der Waals surface area contributed by atoms with Gasteiger partial charge in [0.1, 0.15) is 0 Å². The molecule has 1 N–H and O–H groups in total. The molecule has 0 aromatic rings. The number of hydrogen-bond acceptors (Lipinski definition) is 3. The van der Waals surface area contributed by atoms with Crippen LogP contribution in [0.25, 0.3) is 0 Å². The van der Waals surface area contributed by atoms with Gasteiger partial charge in [0, 0.05) is 6.42 Å². The Morgan fingerprint density at radius 1 is 1.33 bits per heavy atom. The van der Waals surface area contributed by atoms with Crippen molar-refractivity contribution >= 4 is 0 Å². The number of allylic oxidation sites excluding steroid dienone is 2. The number of aliphatic hydroxyl groups is 1. The number of nitrogens with zero attached hydrogens (tertiary/aromatic N) is 2. The normalized spacial score (nSPS) is 26.1. The number of hydrogen-bond donors (Lipinski definition) is 1. The second-order valence-corrected chi connectivity index (χ2v) is 4.14. The van der Waals surface area contributed by atoms with E-state index in [0.717, 1.165) is 13.1 Å². The van der Waals surface area contributed by atoms with Crippen molar-refractivity contribution in [2.45, 2.75) is 25.9 Å². The maximum absolute atomic E-state index is 9.69. The third-order valence-electron chi connectivity index (χ3n) is 3.18. The van der Waals surface area contributed by atoms with Gasteiger partial charge in [-0.15, -0.1) is 0 Å². The molecule has 1 unspecified atom stereocenters. The third-order valence-corrected chi connectivity index (χ3v) is 3.18. The fourth-order valence-electron chi connectivity index (χ4n) is 2.28. The smallest absolute Gasteiger partial charge is 0.0999 e. The molecule has 1 rings (SSSR count). The first-order valence-electron chi connectivity index (χ1n) is 5.56. The van der Waals surface area contributed by atoms with Crippen LogP contribution in [0.1, 0.15) is 20.3 Å². The minimum absolute atomic E-state index is 0.164. The summed E-state index contributed by atoms with van der Waals surface area (Å²) in [4.78, 5) is 4.52. The summed E-state index contributed by atoms with van der Waals surface area (Å²) in [6.45, 7) is 6.26. The summed E-state index contributed by atoms with van der Waals surface area (Å²) < 4.78 is 0. The lowest BCUT2D eigenvalue weighted by Gasteiger charge is -2.46. The largest absolute Gasteiger partial charge is 0.512 e. The van der Waals surface area contributed by atoms with E-state index in [9.17, 15) is 5.11 Å². The molecule has 0 heterocycles. The molecule has 0 saturated carbocycles. The van der Waals surface area contributed by atoms with Crippen LogP contribution < -0.4 is 0 Å². The Hall–Kier alpha value is -0.800. The molecule has 0 aromatic heterocycles. The molecule has 0 aromatic carbocycles. The van der Waals surface area contributed by atoms with Crippen molar-refractivity contribution in [3.8, 4) is 0 Å². The molecule has 0 spiro atoms. The van der Waals surface area contributed by atoms with Crippen LogP contribution in [-0.2, 0) is 0 Å². The van der Waals surface area contributed by atoms with Gasteiger partial charge in [-0.2, -0.15) is 0 Å². The highest BCUT2D eigenvalue weighted by Crippen LogP contribution is 2.29. The maximum Gasteiger partial charge on any atom is 0.0999 e. The Morgan fingerprint density at radius 2 is 1.93 bits per heavy atom. The molecule has 1 aliphatic rings. The Labute approximate surface area is 92.7 Å². The molecule has 15 heavy (non-hydrogen) atoms. The van der Waals surface area contributed by atoms with E-state index in [1.807, 2.05) is 6.08 Å². The second kappa shape index (κ2) is 4.81. The van der Waals surface area contributed by atoms with Crippen LogP contribution in [0.5, 0.6) is 0 Å². The predicted octanol–water partition coefficient (Wildman–Crippen LogP) is 1.99. The molecule has 3 nitrogen and oxygen atoms in total. The van der Waals surface area contributed by atoms with Crippen molar-refractivity contribution in [1.82, 2.24) is 9.80 Å². The third kappa shape index (κ3) is 2.24. The summed E-state index contributed by atoms with van der Waals surface area (Å²) in [5.74, 6) is 0.457. The Balaban J connectivity index is 3.00. The molecular weight excluding hydrogens is 188 g/mol. The number of likely N-dealkylation sites (N-methyl/N-ethyl adjacent to an activating group) is 2. The highest BCUT2D eigenvalue weighted by molar-refractivity contribution is 5.23. The molecule has 0 amide bonds. The fourth-order valence-corrected chi connectivity index (χ4v) is 2.28. The Kier molecular flexibility index (Phi) is 3.94. The van der Waals surface area contributed by atoms with E-state index in [4.69, 9.17) is 0 Å². The highest BCUT2D eigenvalue weighted by atomic mass is 16.3. The van der Waals surface area contributed by atoms with Crippen LogP contribution in [0.3, 0.4) is 0 Å². The molecule has 0 aliphatic heterocycles. The van der Waals surface area contributed by atoms with E-state index in [1.165, 1.54) is 0 Å². The van der Waals surface area contributed by atoms with E-state index >= 15 is 0 Å². The van der Waals surface area contributed by atoms with E-state index in [2.05, 4.69) is 43.8 Å². The minimum Gasteiger partial charge on any atom is -0.512 e. The molecule has 86 valence electrons. The van der Waals surface area contributed by atoms with E-state index < -0.39 is 0 Å². The summed E-state index contributed by atoms with van der Waals surface area (Å²) in [7, 11) is 4.11. The molecule has 3 heteroatoms. The first-order valence-corrected chi connectivity index (χ1v) is 5.56. The standard InChI is InChI=1S/C12H22N2O/c1-5-14(6-2)12(13(3)4)9-7-8-11(15)10-12/h7-9,15H,5-6,10H2,1-4H3. The SMILES string of the molecule is CCN(CC)C1(N(C)C)C=CC=C(O)C1. The van der Waals surface area contributed by atoms with Gasteiger partial charge in [0.25, 0.3) is 0 Å². The zero-order chi connectivity index (χ0) is 11.5. The summed E-state index contributed by atoms with van der Waals surface area (Å²) in [6, 6.07) is 0. The summed E-state index contributed by atoms with van der Waals surface area (Å²) in [5, 5.41) is 9.69. The average Bonchev–Trinajstić information content (AvgIpc) is 2.19. The lowest BCUT2D eigenvalue weighted by molar-refractivity contribution is 0.00798. The van der Waals surface area contributed by atoms with E-state index in [1.54, 1.807) is 6.08 Å². The quantitative estimate of drug-likeness (QED) is 0.719. The Morgan fingerprint density at radius 3 is 2.33 bits per heavy atom. The molecule has 1 aliphatic carbocycles. The van der Waals surface area contributed by atoms with Gasteiger partial charge in [-0.25, -0.2) is 0 Å². The van der Waals surface area contributed by atoms with Gasteiger partial charge in [0.15, 0.2) is 0 Å². The second-order valence-electron chi connectivity index (χ2n) is 4.14. The van der Waals surface area contributed by atoms with Crippen molar-refractivity contribution in [2.75, 3.05) is 27.2 Å². The maximum atomic E-state index is 9.69. The summed E-state index contributed by atoms with van der Waals surface area (Å²) in [6.07, 6.45) is 6.54. The van der Waals surface area contributed by atoms with Crippen LogP contribution in [0.15, 0.2) is 24.0 Å². The molecule has 0 bridgehead atoms. The van der Waals surface area contributed by atoms with Gasteiger partial charge >= 0.3 is 0 Å². The predicted molar refractivity (Wildman–Crippen MR) is 63.8 cm³/mol. The molecule has 1 atom stereocenters. The minimum atomic E-state index is -0.164.